The van der Waals surface area contributed by atoms with Gasteiger partial charge in [-0.05, 0) is 42.3 Å². The Labute approximate surface area is 151 Å². The Morgan fingerprint density at radius 1 is 1.04 bits per heavy atom. The lowest BCUT2D eigenvalue weighted by molar-refractivity contribution is -0.116. The van der Waals surface area contributed by atoms with Gasteiger partial charge in [0.05, 0.1) is 10.0 Å². The third-order valence-corrected chi connectivity index (χ3v) is 4.33. The van der Waals surface area contributed by atoms with Crippen molar-refractivity contribution in [1.29, 1.82) is 0 Å². The fourth-order valence-corrected chi connectivity index (χ4v) is 2.58. The van der Waals surface area contributed by atoms with Crippen molar-refractivity contribution in [2.75, 3.05) is 19.4 Å². The van der Waals surface area contributed by atoms with Crippen molar-refractivity contribution in [3.05, 3.63) is 63.6 Å². The van der Waals surface area contributed by atoms with Gasteiger partial charge in [0.2, 0.25) is 5.91 Å². The second-order valence-corrected chi connectivity index (χ2v) is 6.32. The minimum Gasteiger partial charge on any atom is -0.345 e. The molecule has 4 nitrogen and oxygen atoms in total. The van der Waals surface area contributed by atoms with E-state index in [1.54, 1.807) is 44.4 Å². The highest BCUT2D eigenvalue weighted by Crippen LogP contribution is 2.26. The lowest BCUT2D eigenvalue weighted by Crippen LogP contribution is -2.21. The summed E-state index contributed by atoms with van der Waals surface area (Å²) in [5.74, 6) is -0.207. The third kappa shape index (κ3) is 4.73. The number of hydrogen-bond donors (Lipinski definition) is 1. The Kier molecular flexibility index (Phi) is 6.23. The van der Waals surface area contributed by atoms with Crippen LogP contribution in [-0.2, 0) is 11.2 Å². The summed E-state index contributed by atoms with van der Waals surface area (Å²) in [6, 6.07) is 12.2. The van der Waals surface area contributed by atoms with Gasteiger partial charge in [-0.2, -0.15) is 0 Å². The van der Waals surface area contributed by atoms with Gasteiger partial charge in [0.1, 0.15) is 0 Å². The molecule has 2 aromatic carbocycles. The largest absolute Gasteiger partial charge is 0.345 e. The lowest BCUT2D eigenvalue weighted by Gasteiger charge is -2.11. The summed E-state index contributed by atoms with van der Waals surface area (Å²) in [5, 5.41) is 3.77. The molecule has 2 aromatic rings. The second kappa shape index (κ2) is 8.18. The lowest BCUT2D eigenvalue weighted by atomic mass is 10.1. The van der Waals surface area contributed by atoms with Crippen LogP contribution in [0.5, 0.6) is 0 Å². The number of aryl methyl sites for hydroxylation is 1. The van der Waals surface area contributed by atoms with E-state index in [9.17, 15) is 9.59 Å². The van der Waals surface area contributed by atoms with E-state index in [4.69, 9.17) is 23.2 Å². The number of anilines is 1. The van der Waals surface area contributed by atoms with Crippen LogP contribution >= 0.6 is 23.2 Å². The zero-order valence-corrected chi connectivity index (χ0v) is 15.0. The first kappa shape index (κ1) is 18.3. The maximum absolute atomic E-state index is 12.0. The predicted octanol–water partition coefficient (Wildman–Crippen LogP) is 4.27. The monoisotopic (exact) mass is 364 g/mol. The molecule has 6 heteroatoms. The molecule has 0 unspecified atom stereocenters. The molecule has 24 heavy (non-hydrogen) atoms. The Bertz CT molecular complexity index is 743. The van der Waals surface area contributed by atoms with Crippen LogP contribution in [0.4, 0.5) is 5.69 Å². The molecule has 0 saturated carbocycles. The summed E-state index contributed by atoms with van der Waals surface area (Å²) in [4.78, 5) is 25.4. The van der Waals surface area contributed by atoms with Gasteiger partial charge in [0.25, 0.3) is 5.91 Å². The highest BCUT2D eigenvalue weighted by atomic mass is 35.5. The number of amides is 2. The smallest absolute Gasteiger partial charge is 0.253 e. The van der Waals surface area contributed by atoms with Crippen LogP contribution in [0, 0.1) is 0 Å². The van der Waals surface area contributed by atoms with E-state index in [-0.39, 0.29) is 11.8 Å². The molecule has 0 aromatic heterocycles. The van der Waals surface area contributed by atoms with Crippen molar-refractivity contribution in [2.45, 2.75) is 12.8 Å². The van der Waals surface area contributed by atoms with Crippen LogP contribution in [0.15, 0.2) is 42.5 Å². The number of rotatable bonds is 5. The van der Waals surface area contributed by atoms with Crippen LogP contribution in [-0.4, -0.2) is 30.8 Å². The van der Waals surface area contributed by atoms with Crippen molar-refractivity contribution in [2.24, 2.45) is 0 Å². The maximum atomic E-state index is 12.0. The first-order chi connectivity index (χ1) is 11.4. The molecule has 0 aliphatic rings. The van der Waals surface area contributed by atoms with Gasteiger partial charge in [-0.3, -0.25) is 9.59 Å². The first-order valence-corrected chi connectivity index (χ1v) is 8.18. The molecule has 0 atom stereocenters. The van der Waals surface area contributed by atoms with Crippen LogP contribution in [0.2, 0.25) is 10.0 Å². The third-order valence-electron chi connectivity index (χ3n) is 3.47. The predicted molar refractivity (Wildman–Crippen MR) is 97.9 cm³/mol. The van der Waals surface area contributed by atoms with Gasteiger partial charge in [-0.15, -0.1) is 0 Å². The fourth-order valence-electron chi connectivity index (χ4n) is 2.17. The molecule has 0 spiro atoms. The zero-order valence-electron chi connectivity index (χ0n) is 13.5. The van der Waals surface area contributed by atoms with E-state index < -0.39 is 0 Å². The number of halogens is 2. The van der Waals surface area contributed by atoms with Crippen LogP contribution < -0.4 is 5.32 Å². The summed E-state index contributed by atoms with van der Waals surface area (Å²) in [5.41, 5.74) is 2.06. The summed E-state index contributed by atoms with van der Waals surface area (Å²) >= 11 is 12.1. The van der Waals surface area contributed by atoms with Gasteiger partial charge in [0, 0.05) is 31.8 Å². The standard InChI is InChI=1S/C18H18Cl2N2O2/c1-22(2)18(24)13-6-9-14(10-7-13)21-16(23)11-8-12-4-3-5-15(19)17(12)20/h3-7,9-10H,8,11H2,1-2H3,(H,21,23). The Balaban J connectivity index is 1.93. The Morgan fingerprint density at radius 3 is 2.33 bits per heavy atom. The molecule has 2 rings (SSSR count). The van der Waals surface area contributed by atoms with Crippen molar-refractivity contribution >= 4 is 40.7 Å². The van der Waals surface area contributed by atoms with E-state index in [2.05, 4.69) is 5.32 Å². The van der Waals surface area contributed by atoms with Crippen molar-refractivity contribution in [3.63, 3.8) is 0 Å². The molecule has 0 bridgehead atoms. The normalized spacial score (nSPS) is 10.3. The number of benzene rings is 2. The molecule has 126 valence electrons. The van der Waals surface area contributed by atoms with E-state index in [1.165, 1.54) is 4.90 Å². The highest BCUT2D eigenvalue weighted by Gasteiger charge is 2.10. The Hall–Kier alpha value is -2.04. The van der Waals surface area contributed by atoms with Crippen molar-refractivity contribution in [3.8, 4) is 0 Å². The SMILES string of the molecule is CN(C)C(=O)c1ccc(NC(=O)CCc2cccc(Cl)c2Cl)cc1. The number of hydrogen-bond acceptors (Lipinski definition) is 2. The summed E-state index contributed by atoms with van der Waals surface area (Å²) in [7, 11) is 3.39. The minimum atomic E-state index is -0.127. The van der Waals surface area contributed by atoms with Crippen LogP contribution in [0.1, 0.15) is 22.3 Å². The fraction of sp³-hybridized carbons (Fsp3) is 0.222. The highest BCUT2D eigenvalue weighted by molar-refractivity contribution is 6.42. The average Bonchev–Trinajstić information content (AvgIpc) is 2.56. The molecule has 2 amide bonds. The topological polar surface area (TPSA) is 49.4 Å². The molecule has 0 saturated heterocycles. The van der Waals surface area contributed by atoms with Crippen molar-refractivity contribution in [1.82, 2.24) is 4.90 Å². The maximum Gasteiger partial charge on any atom is 0.253 e. The van der Waals surface area contributed by atoms with Crippen LogP contribution in [0.3, 0.4) is 0 Å². The van der Waals surface area contributed by atoms with Gasteiger partial charge in [-0.25, -0.2) is 0 Å². The minimum absolute atomic E-state index is 0.0801. The number of nitrogens with zero attached hydrogens (tertiary/aromatic N) is 1. The molecule has 0 heterocycles. The van der Waals surface area contributed by atoms with Crippen molar-refractivity contribution < 1.29 is 9.59 Å². The Morgan fingerprint density at radius 2 is 1.71 bits per heavy atom. The quantitative estimate of drug-likeness (QED) is 0.861. The van der Waals surface area contributed by atoms with E-state index in [1.807, 2.05) is 12.1 Å². The summed E-state index contributed by atoms with van der Waals surface area (Å²) < 4.78 is 0. The average molecular weight is 365 g/mol. The number of carbonyl (C=O) groups excluding carboxylic acids is 2. The first-order valence-electron chi connectivity index (χ1n) is 7.43. The van der Waals surface area contributed by atoms with Gasteiger partial charge in [0.15, 0.2) is 0 Å². The van der Waals surface area contributed by atoms with E-state index >= 15 is 0 Å². The van der Waals surface area contributed by atoms with Gasteiger partial charge >= 0.3 is 0 Å². The van der Waals surface area contributed by atoms with Gasteiger partial charge < -0.3 is 10.2 Å². The zero-order chi connectivity index (χ0) is 17.7. The summed E-state index contributed by atoms with van der Waals surface area (Å²) in [6.07, 6.45) is 0.793. The van der Waals surface area contributed by atoms with Gasteiger partial charge in [-0.1, -0.05) is 35.3 Å². The molecule has 1 N–H and O–H groups in total. The molecule has 0 radical (unpaired) electrons. The van der Waals surface area contributed by atoms with E-state index in [0.717, 1.165) is 5.56 Å². The molecular formula is C18H18Cl2N2O2. The molecular weight excluding hydrogens is 347 g/mol. The molecule has 0 fully saturated rings. The molecule has 0 aliphatic carbocycles. The second-order valence-electron chi connectivity index (χ2n) is 5.54. The number of carbonyl (C=O) groups is 2. The summed E-state index contributed by atoms with van der Waals surface area (Å²) in [6.45, 7) is 0. The number of nitrogens with one attached hydrogen (secondary N) is 1. The molecule has 0 aliphatic heterocycles. The van der Waals surface area contributed by atoms with Crippen LogP contribution in [0.25, 0.3) is 0 Å². The van der Waals surface area contributed by atoms with E-state index in [0.29, 0.717) is 34.1 Å².